The molecule has 0 amide bonds. The minimum absolute atomic E-state index is 0.0566. The van der Waals surface area contributed by atoms with Crippen molar-refractivity contribution in [2.45, 2.75) is 76.4 Å². The van der Waals surface area contributed by atoms with Crippen LogP contribution < -0.4 is 5.56 Å². The van der Waals surface area contributed by atoms with Crippen LogP contribution in [0.4, 0.5) is 0 Å². The molecule has 0 aromatic carbocycles. The van der Waals surface area contributed by atoms with Crippen LogP contribution in [0.25, 0.3) is 0 Å². The molecule has 2 aromatic heterocycles. The van der Waals surface area contributed by atoms with Crippen molar-refractivity contribution in [3.63, 3.8) is 0 Å². The summed E-state index contributed by atoms with van der Waals surface area (Å²) in [6, 6.07) is 2.19. The van der Waals surface area contributed by atoms with Gasteiger partial charge in [0.1, 0.15) is 5.76 Å². The van der Waals surface area contributed by atoms with Crippen LogP contribution in [0.5, 0.6) is 0 Å². The summed E-state index contributed by atoms with van der Waals surface area (Å²) >= 11 is 0. The second-order valence-corrected chi connectivity index (χ2v) is 8.10. The van der Waals surface area contributed by atoms with Crippen LogP contribution in [0.2, 0.25) is 0 Å². The molecule has 1 unspecified atom stereocenters. The van der Waals surface area contributed by atoms with Crippen LogP contribution in [-0.2, 0) is 25.9 Å². The van der Waals surface area contributed by atoms with E-state index in [0.717, 1.165) is 43.8 Å². The maximum atomic E-state index is 12.5. The van der Waals surface area contributed by atoms with Crippen LogP contribution in [-0.4, -0.2) is 32.4 Å². The van der Waals surface area contributed by atoms with E-state index in [0.29, 0.717) is 18.5 Å². The van der Waals surface area contributed by atoms with Crippen LogP contribution in [0.1, 0.15) is 67.0 Å². The van der Waals surface area contributed by atoms with Gasteiger partial charge in [-0.3, -0.25) is 9.69 Å². The predicted octanol–water partition coefficient (Wildman–Crippen LogP) is 2.65. The van der Waals surface area contributed by atoms with Gasteiger partial charge in [-0.2, -0.15) is 5.10 Å². The average molecular weight is 354 g/mol. The van der Waals surface area contributed by atoms with Gasteiger partial charge in [0, 0.05) is 30.1 Å². The lowest BCUT2D eigenvalue weighted by molar-refractivity contribution is 0.214. The average Bonchev–Trinajstić information content (AvgIpc) is 3.23. The predicted molar refractivity (Wildman–Crippen MR) is 97.0 cm³/mol. The molecule has 1 atom stereocenters. The molecular weight excluding hydrogens is 328 g/mol. The van der Waals surface area contributed by atoms with E-state index in [1.165, 1.54) is 43.2 Å². The SMILES string of the molecule is O=c1cc2c(nn1CC1CCCN1Cc1cnoc1C1CC1)CCCC2. The summed E-state index contributed by atoms with van der Waals surface area (Å²) in [5.74, 6) is 1.67. The van der Waals surface area contributed by atoms with Crippen molar-refractivity contribution in [3.8, 4) is 0 Å². The Labute approximate surface area is 153 Å². The van der Waals surface area contributed by atoms with E-state index in [4.69, 9.17) is 9.62 Å². The summed E-state index contributed by atoms with van der Waals surface area (Å²) < 4.78 is 7.20. The molecule has 0 N–H and O–H groups in total. The molecule has 1 saturated heterocycles. The van der Waals surface area contributed by atoms with Crippen molar-refractivity contribution in [2.24, 2.45) is 0 Å². The number of nitrogens with zero attached hydrogens (tertiary/aromatic N) is 4. The Bertz CT molecular complexity index is 852. The summed E-state index contributed by atoms with van der Waals surface area (Å²) in [6.07, 6.45) is 11.0. The molecule has 6 heteroatoms. The third kappa shape index (κ3) is 3.11. The van der Waals surface area contributed by atoms with Gasteiger partial charge in [-0.1, -0.05) is 5.16 Å². The third-order valence-corrected chi connectivity index (χ3v) is 6.15. The van der Waals surface area contributed by atoms with Gasteiger partial charge in [0.05, 0.1) is 18.4 Å². The largest absolute Gasteiger partial charge is 0.361 e. The Balaban J connectivity index is 1.33. The number of aryl methyl sites for hydroxylation is 2. The quantitative estimate of drug-likeness (QED) is 0.826. The number of fused-ring (bicyclic) bond motifs is 1. The fourth-order valence-electron chi connectivity index (χ4n) is 4.53. The van der Waals surface area contributed by atoms with E-state index < -0.39 is 0 Å². The zero-order valence-corrected chi connectivity index (χ0v) is 15.2. The molecule has 0 bridgehead atoms. The zero-order valence-electron chi connectivity index (χ0n) is 15.2. The minimum atomic E-state index is 0.0566. The first-order valence-electron chi connectivity index (χ1n) is 10.1. The van der Waals surface area contributed by atoms with Gasteiger partial charge in [0.2, 0.25) is 0 Å². The van der Waals surface area contributed by atoms with Crippen molar-refractivity contribution in [3.05, 3.63) is 45.2 Å². The fraction of sp³-hybridized carbons (Fsp3) is 0.650. The van der Waals surface area contributed by atoms with E-state index in [1.807, 2.05) is 12.3 Å². The summed E-state index contributed by atoms with van der Waals surface area (Å²) in [5, 5.41) is 8.74. The Morgan fingerprint density at radius 1 is 1.15 bits per heavy atom. The van der Waals surface area contributed by atoms with Gasteiger partial charge in [0.15, 0.2) is 0 Å². The molecule has 2 aliphatic carbocycles. The Hall–Kier alpha value is -1.95. The van der Waals surface area contributed by atoms with E-state index in [-0.39, 0.29) is 5.56 Å². The molecule has 6 nitrogen and oxygen atoms in total. The number of hydrogen-bond donors (Lipinski definition) is 0. The molecule has 138 valence electrons. The Morgan fingerprint density at radius 2 is 2.04 bits per heavy atom. The smallest absolute Gasteiger partial charge is 0.267 e. The molecule has 2 fully saturated rings. The monoisotopic (exact) mass is 354 g/mol. The molecule has 0 radical (unpaired) electrons. The van der Waals surface area contributed by atoms with Gasteiger partial charge >= 0.3 is 0 Å². The molecule has 5 rings (SSSR count). The summed E-state index contributed by atoms with van der Waals surface area (Å²) in [4.78, 5) is 15.0. The standard InChI is InChI=1S/C20H26N4O2/c25-19-10-15-4-1-2-6-18(15)22-24(19)13-17-5-3-9-23(17)12-16-11-21-26-20(16)14-7-8-14/h10-11,14,17H,1-9,12-13H2. The molecule has 3 heterocycles. The molecule has 1 aliphatic heterocycles. The normalized spacial score (nSPS) is 23.3. The topological polar surface area (TPSA) is 64.2 Å². The Morgan fingerprint density at radius 3 is 2.92 bits per heavy atom. The lowest BCUT2D eigenvalue weighted by Crippen LogP contribution is -2.37. The highest BCUT2D eigenvalue weighted by atomic mass is 16.5. The van der Waals surface area contributed by atoms with Gasteiger partial charge in [-0.15, -0.1) is 0 Å². The van der Waals surface area contributed by atoms with Crippen molar-refractivity contribution < 1.29 is 4.52 Å². The molecular formula is C20H26N4O2. The fourth-order valence-corrected chi connectivity index (χ4v) is 4.53. The van der Waals surface area contributed by atoms with Gasteiger partial charge in [0.25, 0.3) is 5.56 Å². The lowest BCUT2D eigenvalue weighted by atomic mass is 9.97. The van der Waals surface area contributed by atoms with Crippen LogP contribution in [0, 0.1) is 0 Å². The van der Waals surface area contributed by atoms with Crippen LogP contribution >= 0.6 is 0 Å². The number of likely N-dealkylation sites (tertiary alicyclic amines) is 1. The highest BCUT2D eigenvalue weighted by molar-refractivity contribution is 5.22. The summed E-state index contributed by atoms with van der Waals surface area (Å²) in [5.41, 5.74) is 3.58. The van der Waals surface area contributed by atoms with Gasteiger partial charge < -0.3 is 4.52 Å². The van der Waals surface area contributed by atoms with Crippen molar-refractivity contribution in [1.82, 2.24) is 19.8 Å². The third-order valence-electron chi connectivity index (χ3n) is 6.15. The van der Waals surface area contributed by atoms with E-state index in [9.17, 15) is 4.79 Å². The molecule has 2 aromatic rings. The first kappa shape index (κ1) is 16.2. The summed E-state index contributed by atoms with van der Waals surface area (Å²) in [7, 11) is 0. The Kier molecular flexibility index (Phi) is 4.15. The minimum Gasteiger partial charge on any atom is -0.361 e. The first-order valence-corrected chi connectivity index (χ1v) is 10.1. The van der Waals surface area contributed by atoms with Crippen LogP contribution in [0.3, 0.4) is 0 Å². The molecule has 1 saturated carbocycles. The number of aromatic nitrogens is 3. The second-order valence-electron chi connectivity index (χ2n) is 8.10. The van der Waals surface area contributed by atoms with Crippen LogP contribution in [0.15, 0.2) is 21.6 Å². The number of hydrogen-bond acceptors (Lipinski definition) is 5. The highest BCUT2D eigenvalue weighted by Gasteiger charge is 2.32. The van der Waals surface area contributed by atoms with E-state index in [2.05, 4.69) is 10.1 Å². The highest BCUT2D eigenvalue weighted by Crippen LogP contribution is 2.42. The van der Waals surface area contributed by atoms with E-state index >= 15 is 0 Å². The molecule has 26 heavy (non-hydrogen) atoms. The second kappa shape index (κ2) is 6.65. The zero-order chi connectivity index (χ0) is 17.5. The maximum absolute atomic E-state index is 12.5. The molecule has 0 spiro atoms. The number of rotatable bonds is 5. The molecule has 3 aliphatic rings. The van der Waals surface area contributed by atoms with Crippen molar-refractivity contribution >= 4 is 0 Å². The lowest BCUT2D eigenvalue weighted by Gasteiger charge is -2.25. The van der Waals surface area contributed by atoms with E-state index in [1.54, 1.807) is 4.68 Å². The first-order chi connectivity index (χ1) is 12.8. The van der Waals surface area contributed by atoms with Crippen molar-refractivity contribution in [2.75, 3.05) is 6.54 Å². The maximum Gasteiger partial charge on any atom is 0.267 e. The van der Waals surface area contributed by atoms with Gasteiger partial charge in [-0.25, -0.2) is 4.68 Å². The summed E-state index contributed by atoms with van der Waals surface area (Å²) in [6.45, 7) is 2.63. The van der Waals surface area contributed by atoms with Gasteiger partial charge in [-0.05, 0) is 63.5 Å². The van der Waals surface area contributed by atoms with Crippen molar-refractivity contribution in [1.29, 1.82) is 0 Å².